The summed E-state index contributed by atoms with van der Waals surface area (Å²) in [4.78, 5) is 10.7. The average Bonchev–Trinajstić information content (AvgIpc) is 1.80. The van der Waals surface area contributed by atoms with Crippen LogP contribution in [0.15, 0.2) is 11.1 Å². The van der Waals surface area contributed by atoms with Gasteiger partial charge in [-0.2, -0.15) is 0 Å². The Labute approximate surface area is 59.7 Å². The fourth-order valence-electron chi connectivity index (χ4n) is 0.904. The van der Waals surface area contributed by atoms with E-state index >= 15 is 0 Å². The fourth-order valence-corrected chi connectivity index (χ4v) is 1.21. The van der Waals surface area contributed by atoms with Crippen LogP contribution in [0.4, 0.5) is 0 Å². The summed E-state index contributed by atoms with van der Waals surface area (Å²) in [5, 5.41) is 0.425. The number of carbonyl (C=O) groups is 1. The predicted octanol–water partition coefficient (Wildman–Crippen LogP) is 2.11. The van der Waals surface area contributed by atoms with Gasteiger partial charge in [-0.05, 0) is 12.3 Å². The highest BCUT2D eigenvalue weighted by Crippen LogP contribution is 2.21. The van der Waals surface area contributed by atoms with Gasteiger partial charge < -0.3 is 0 Å². The lowest BCUT2D eigenvalue weighted by Crippen LogP contribution is -2.07. The van der Waals surface area contributed by atoms with E-state index in [4.69, 9.17) is 11.6 Å². The van der Waals surface area contributed by atoms with Crippen molar-refractivity contribution in [1.82, 2.24) is 0 Å². The molecule has 0 N–H and O–H groups in total. The van der Waals surface area contributed by atoms with Gasteiger partial charge in [0.05, 0.1) is 5.03 Å². The van der Waals surface area contributed by atoms with Gasteiger partial charge in [-0.15, -0.1) is 0 Å². The average molecular weight is 145 g/mol. The Bertz CT molecular complexity index is 160. The van der Waals surface area contributed by atoms with E-state index in [0.29, 0.717) is 17.4 Å². The Hall–Kier alpha value is -0.300. The molecule has 0 spiro atoms. The van der Waals surface area contributed by atoms with E-state index in [2.05, 4.69) is 6.92 Å². The molecule has 0 heterocycles. The van der Waals surface area contributed by atoms with Crippen LogP contribution >= 0.6 is 11.6 Å². The molecule has 50 valence electrons. The quantitative estimate of drug-likeness (QED) is 0.509. The third kappa shape index (κ3) is 1.55. The molecule has 1 rings (SSSR count). The second-order valence-electron chi connectivity index (χ2n) is 2.45. The van der Waals surface area contributed by atoms with E-state index in [1.165, 1.54) is 0 Å². The molecule has 0 saturated carbocycles. The first-order valence-electron chi connectivity index (χ1n) is 3.10. The molecule has 0 aliphatic heterocycles. The minimum Gasteiger partial charge on any atom is -0.293 e. The van der Waals surface area contributed by atoms with E-state index in [1.54, 1.807) is 0 Å². The van der Waals surface area contributed by atoms with E-state index in [9.17, 15) is 4.79 Å². The number of rotatable bonds is 0. The molecule has 0 aromatic rings. The Kier molecular flexibility index (Phi) is 1.91. The second-order valence-corrected chi connectivity index (χ2v) is 2.86. The summed E-state index contributed by atoms with van der Waals surface area (Å²) in [5.74, 6) is 0.574. The van der Waals surface area contributed by atoms with Crippen molar-refractivity contribution >= 4 is 17.4 Å². The molecule has 0 saturated heterocycles. The largest absolute Gasteiger partial charge is 0.293 e. The van der Waals surface area contributed by atoms with Gasteiger partial charge in [0.15, 0.2) is 5.78 Å². The van der Waals surface area contributed by atoms with Crippen molar-refractivity contribution in [2.75, 3.05) is 0 Å². The Balaban J connectivity index is 2.72. The smallest absolute Gasteiger partial charge is 0.173 e. The number of ketones is 1. The summed E-state index contributed by atoms with van der Waals surface area (Å²) in [7, 11) is 0. The number of carbonyl (C=O) groups excluding carboxylic acids is 1. The van der Waals surface area contributed by atoms with Crippen molar-refractivity contribution in [3.8, 4) is 0 Å². The van der Waals surface area contributed by atoms with Crippen molar-refractivity contribution in [3.05, 3.63) is 11.1 Å². The molecule has 1 unspecified atom stereocenters. The summed E-state index contributed by atoms with van der Waals surface area (Å²) in [6.07, 6.45) is 3.40. The van der Waals surface area contributed by atoms with Crippen LogP contribution in [0.5, 0.6) is 0 Å². The van der Waals surface area contributed by atoms with Crippen molar-refractivity contribution in [3.63, 3.8) is 0 Å². The molecule has 9 heavy (non-hydrogen) atoms. The lowest BCUT2D eigenvalue weighted by Gasteiger charge is -2.11. The second kappa shape index (κ2) is 2.53. The molecule has 0 bridgehead atoms. The lowest BCUT2D eigenvalue weighted by atomic mass is 9.97. The number of Topliss-reactive ketones (excluding diaryl/α,β-unsaturated/α-hetero) is 1. The summed E-state index contributed by atoms with van der Waals surface area (Å²) in [5.41, 5.74) is 0. The number of hydrogen-bond donors (Lipinski definition) is 0. The highest BCUT2D eigenvalue weighted by atomic mass is 35.5. The summed E-state index contributed by atoms with van der Waals surface area (Å²) in [6.45, 7) is 2.06. The van der Waals surface area contributed by atoms with Gasteiger partial charge in [-0.3, -0.25) is 4.79 Å². The van der Waals surface area contributed by atoms with Crippen LogP contribution in [-0.2, 0) is 4.79 Å². The maximum absolute atomic E-state index is 10.7. The number of allylic oxidation sites excluding steroid dienone is 2. The van der Waals surface area contributed by atoms with E-state index < -0.39 is 0 Å². The summed E-state index contributed by atoms with van der Waals surface area (Å²) >= 11 is 5.57. The maximum atomic E-state index is 10.7. The third-order valence-electron chi connectivity index (χ3n) is 1.52. The maximum Gasteiger partial charge on any atom is 0.173 e. The first-order chi connectivity index (χ1) is 4.20. The van der Waals surface area contributed by atoms with Crippen LogP contribution in [0.2, 0.25) is 0 Å². The molecule has 0 aromatic heterocycles. The molecule has 0 aromatic carbocycles. The SMILES string of the molecule is CC1C=C(Cl)C(=O)CC1. The standard InChI is InChI=1S/C7H9ClO/c1-5-2-3-7(9)6(8)4-5/h4-5H,2-3H2,1H3. The molecular weight excluding hydrogens is 136 g/mol. The molecule has 1 aliphatic carbocycles. The molecule has 1 aliphatic rings. The molecular formula is C7H9ClO. The zero-order valence-electron chi connectivity index (χ0n) is 5.36. The van der Waals surface area contributed by atoms with Gasteiger partial charge in [-0.1, -0.05) is 24.6 Å². The highest BCUT2D eigenvalue weighted by molar-refractivity contribution is 6.42. The van der Waals surface area contributed by atoms with Crippen molar-refractivity contribution in [1.29, 1.82) is 0 Å². The molecule has 0 amide bonds. The first-order valence-corrected chi connectivity index (χ1v) is 3.48. The van der Waals surface area contributed by atoms with E-state index in [1.807, 2.05) is 6.08 Å². The summed E-state index contributed by atoms with van der Waals surface area (Å²) in [6, 6.07) is 0. The van der Waals surface area contributed by atoms with Gasteiger partial charge >= 0.3 is 0 Å². The Morgan fingerprint density at radius 2 is 2.44 bits per heavy atom. The summed E-state index contributed by atoms with van der Waals surface area (Å²) < 4.78 is 0. The number of halogens is 1. The van der Waals surface area contributed by atoms with E-state index in [0.717, 1.165) is 6.42 Å². The van der Waals surface area contributed by atoms with Crippen LogP contribution in [0.1, 0.15) is 19.8 Å². The monoisotopic (exact) mass is 144 g/mol. The minimum absolute atomic E-state index is 0.0924. The fraction of sp³-hybridized carbons (Fsp3) is 0.571. The zero-order valence-corrected chi connectivity index (χ0v) is 6.11. The van der Waals surface area contributed by atoms with Crippen molar-refractivity contribution < 1.29 is 4.79 Å². The van der Waals surface area contributed by atoms with Gasteiger partial charge in [-0.25, -0.2) is 0 Å². The number of hydrogen-bond acceptors (Lipinski definition) is 1. The highest BCUT2D eigenvalue weighted by Gasteiger charge is 2.14. The van der Waals surface area contributed by atoms with Gasteiger partial charge in [0.1, 0.15) is 0 Å². The van der Waals surface area contributed by atoms with Gasteiger partial charge in [0, 0.05) is 6.42 Å². The van der Waals surface area contributed by atoms with E-state index in [-0.39, 0.29) is 5.78 Å². The lowest BCUT2D eigenvalue weighted by molar-refractivity contribution is -0.115. The van der Waals surface area contributed by atoms with Gasteiger partial charge in [0.25, 0.3) is 0 Å². The third-order valence-corrected chi connectivity index (χ3v) is 1.86. The zero-order chi connectivity index (χ0) is 6.85. The van der Waals surface area contributed by atoms with Crippen molar-refractivity contribution in [2.24, 2.45) is 5.92 Å². The molecule has 0 fully saturated rings. The van der Waals surface area contributed by atoms with Crippen LogP contribution in [0.25, 0.3) is 0 Å². The Morgan fingerprint density at radius 1 is 1.78 bits per heavy atom. The molecule has 0 radical (unpaired) electrons. The normalized spacial score (nSPS) is 28.0. The van der Waals surface area contributed by atoms with Crippen LogP contribution < -0.4 is 0 Å². The predicted molar refractivity (Wildman–Crippen MR) is 37.3 cm³/mol. The molecule has 1 atom stereocenters. The van der Waals surface area contributed by atoms with Crippen LogP contribution in [0, 0.1) is 5.92 Å². The topological polar surface area (TPSA) is 17.1 Å². The molecule has 2 heteroatoms. The van der Waals surface area contributed by atoms with Gasteiger partial charge in [0.2, 0.25) is 0 Å². The molecule has 1 nitrogen and oxygen atoms in total. The minimum atomic E-state index is 0.0924. The Morgan fingerprint density at radius 3 is 2.89 bits per heavy atom. The first kappa shape index (κ1) is 6.81. The van der Waals surface area contributed by atoms with Crippen molar-refractivity contribution in [2.45, 2.75) is 19.8 Å². The van der Waals surface area contributed by atoms with Crippen LogP contribution in [-0.4, -0.2) is 5.78 Å². The van der Waals surface area contributed by atoms with Crippen LogP contribution in [0.3, 0.4) is 0 Å².